The van der Waals surface area contributed by atoms with Gasteiger partial charge in [-0.15, -0.1) is 0 Å². The molecule has 17 heavy (non-hydrogen) atoms. The molecule has 0 aliphatic rings. The van der Waals surface area contributed by atoms with Crippen LogP contribution in [-0.2, 0) is 9.53 Å². The van der Waals surface area contributed by atoms with Crippen LogP contribution >= 0.6 is 0 Å². The average Bonchev–Trinajstić information content (AvgIpc) is 2.13. The van der Waals surface area contributed by atoms with Crippen LogP contribution in [-0.4, -0.2) is 11.6 Å². The van der Waals surface area contributed by atoms with Crippen molar-refractivity contribution in [2.75, 3.05) is 0 Å². The molecule has 0 unspecified atom stereocenters. The van der Waals surface area contributed by atoms with E-state index in [1.165, 1.54) is 6.08 Å². The van der Waals surface area contributed by atoms with Crippen LogP contribution in [0.1, 0.15) is 34.6 Å². The van der Waals surface area contributed by atoms with E-state index in [9.17, 15) is 4.79 Å². The van der Waals surface area contributed by atoms with Crippen molar-refractivity contribution in [2.24, 2.45) is 0 Å². The first kappa shape index (κ1) is 15.4. The molecule has 0 spiro atoms. The highest BCUT2D eigenvalue weighted by Gasteiger charge is 2.14. The highest BCUT2D eigenvalue weighted by atomic mass is 16.6. The first-order valence-corrected chi connectivity index (χ1v) is 5.63. The Labute approximate surface area is 104 Å². The number of rotatable bonds is 4. The summed E-state index contributed by atoms with van der Waals surface area (Å²) in [5.41, 5.74) is 1.48. The van der Waals surface area contributed by atoms with Gasteiger partial charge in [0.15, 0.2) is 0 Å². The molecule has 2 nitrogen and oxygen atoms in total. The number of carbonyl (C=O) groups excluding carboxylic acids is 1. The van der Waals surface area contributed by atoms with Crippen LogP contribution in [0.3, 0.4) is 0 Å². The molecule has 0 bridgehead atoms. The van der Waals surface area contributed by atoms with Gasteiger partial charge in [0.05, 0.1) is 0 Å². The van der Waals surface area contributed by atoms with Crippen LogP contribution in [0.15, 0.2) is 48.1 Å². The number of esters is 1. The van der Waals surface area contributed by atoms with Crippen molar-refractivity contribution >= 4 is 5.97 Å². The van der Waals surface area contributed by atoms with Gasteiger partial charge in [-0.05, 0) is 40.2 Å². The molecule has 0 fully saturated rings. The minimum absolute atomic E-state index is 0.316. The van der Waals surface area contributed by atoms with Gasteiger partial charge in [0, 0.05) is 6.08 Å². The molecule has 2 heteroatoms. The first-order chi connectivity index (χ1) is 7.74. The topological polar surface area (TPSA) is 26.3 Å². The Morgan fingerprint density at radius 2 is 1.76 bits per heavy atom. The van der Waals surface area contributed by atoms with E-state index in [2.05, 4.69) is 6.58 Å². The van der Waals surface area contributed by atoms with Crippen LogP contribution < -0.4 is 0 Å². The highest BCUT2D eigenvalue weighted by Crippen LogP contribution is 2.08. The maximum absolute atomic E-state index is 11.5. The van der Waals surface area contributed by atoms with E-state index in [1.807, 2.05) is 52.8 Å². The summed E-state index contributed by atoms with van der Waals surface area (Å²) < 4.78 is 5.18. The SMILES string of the molecule is C=CC(C)=CC=CC(C)=CC(=O)OC(C)(C)C. The van der Waals surface area contributed by atoms with Gasteiger partial charge in [0.2, 0.25) is 0 Å². The number of ether oxygens (including phenoxy) is 1. The lowest BCUT2D eigenvalue weighted by Gasteiger charge is -2.18. The normalized spacial score (nSPS) is 13.9. The van der Waals surface area contributed by atoms with Gasteiger partial charge in [0.1, 0.15) is 5.60 Å². The molecular weight excluding hydrogens is 212 g/mol. The van der Waals surface area contributed by atoms with Crippen molar-refractivity contribution in [3.8, 4) is 0 Å². The zero-order valence-corrected chi connectivity index (χ0v) is 11.4. The van der Waals surface area contributed by atoms with Gasteiger partial charge >= 0.3 is 5.97 Å². The smallest absolute Gasteiger partial charge is 0.331 e. The third-order valence-corrected chi connectivity index (χ3v) is 1.79. The Bertz CT molecular complexity index is 363. The summed E-state index contributed by atoms with van der Waals surface area (Å²) in [5.74, 6) is -0.316. The lowest BCUT2D eigenvalue weighted by Crippen LogP contribution is -2.22. The maximum Gasteiger partial charge on any atom is 0.331 e. The maximum atomic E-state index is 11.5. The van der Waals surface area contributed by atoms with Gasteiger partial charge in [-0.3, -0.25) is 0 Å². The minimum atomic E-state index is -0.448. The van der Waals surface area contributed by atoms with Gasteiger partial charge in [-0.25, -0.2) is 4.79 Å². The summed E-state index contributed by atoms with van der Waals surface area (Å²) >= 11 is 0. The Morgan fingerprint density at radius 3 is 2.24 bits per heavy atom. The fraction of sp³-hybridized carbons (Fsp3) is 0.400. The van der Waals surface area contributed by atoms with Crippen molar-refractivity contribution < 1.29 is 9.53 Å². The van der Waals surface area contributed by atoms with E-state index < -0.39 is 5.60 Å². The van der Waals surface area contributed by atoms with E-state index in [1.54, 1.807) is 6.08 Å². The second-order valence-electron chi connectivity index (χ2n) is 4.90. The molecule has 0 aromatic heterocycles. The van der Waals surface area contributed by atoms with Crippen molar-refractivity contribution in [3.63, 3.8) is 0 Å². The molecule has 0 aromatic carbocycles. The molecule has 0 radical (unpaired) electrons. The summed E-state index contributed by atoms with van der Waals surface area (Å²) in [6, 6.07) is 0. The van der Waals surface area contributed by atoms with E-state index in [0.29, 0.717) is 0 Å². The summed E-state index contributed by atoms with van der Waals surface area (Å²) in [7, 11) is 0. The highest BCUT2D eigenvalue weighted by molar-refractivity contribution is 5.83. The van der Waals surface area contributed by atoms with Gasteiger partial charge in [-0.1, -0.05) is 36.5 Å². The molecule has 0 aliphatic heterocycles. The van der Waals surface area contributed by atoms with Crippen molar-refractivity contribution in [1.29, 1.82) is 0 Å². The summed E-state index contributed by atoms with van der Waals surface area (Å²) in [6.45, 7) is 13.0. The fourth-order valence-electron chi connectivity index (χ4n) is 0.985. The van der Waals surface area contributed by atoms with Crippen LogP contribution in [0.25, 0.3) is 0 Å². The van der Waals surface area contributed by atoms with Crippen LogP contribution in [0, 0.1) is 0 Å². The lowest BCUT2D eigenvalue weighted by atomic mass is 10.2. The lowest BCUT2D eigenvalue weighted by molar-refractivity contribution is -0.148. The number of hydrogen-bond donors (Lipinski definition) is 0. The largest absolute Gasteiger partial charge is 0.457 e. The minimum Gasteiger partial charge on any atom is -0.457 e. The number of hydrogen-bond acceptors (Lipinski definition) is 2. The molecule has 0 heterocycles. The van der Waals surface area contributed by atoms with Crippen LogP contribution in [0.5, 0.6) is 0 Å². The molecule has 0 amide bonds. The Hall–Kier alpha value is -1.57. The summed E-state index contributed by atoms with van der Waals surface area (Å²) in [6.07, 6.45) is 8.93. The standard InChI is InChI=1S/C15H22O2/c1-7-12(2)9-8-10-13(3)11-14(16)17-15(4,5)6/h7-11H,1H2,2-6H3. The first-order valence-electron chi connectivity index (χ1n) is 5.63. The molecule has 0 N–H and O–H groups in total. The van der Waals surface area contributed by atoms with E-state index >= 15 is 0 Å². The van der Waals surface area contributed by atoms with Gasteiger partial charge in [0.25, 0.3) is 0 Å². The molecular formula is C15H22O2. The quantitative estimate of drug-likeness (QED) is 0.418. The Morgan fingerprint density at radius 1 is 1.18 bits per heavy atom. The van der Waals surface area contributed by atoms with Gasteiger partial charge < -0.3 is 4.74 Å². The van der Waals surface area contributed by atoms with E-state index in [0.717, 1.165) is 11.1 Å². The third-order valence-electron chi connectivity index (χ3n) is 1.79. The Balaban J connectivity index is 4.46. The van der Waals surface area contributed by atoms with Crippen molar-refractivity contribution in [3.05, 3.63) is 48.1 Å². The number of carbonyl (C=O) groups is 1. The molecule has 94 valence electrons. The zero-order valence-electron chi connectivity index (χ0n) is 11.4. The average molecular weight is 234 g/mol. The predicted octanol–water partition coefficient (Wildman–Crippen LogP) is 3.96. The molecule has 0 saturated carbocycles. The molecule has 0 rings (SSSR count). The molecule has 0 saturated heterocycles. The summed E-state index contributed by atoms with van der Waals surface area (Å²) in [4.78, 5) is 11.5. The third kappa shape index (κ3) is 9.36. The zero-order chi connectivity index (χ0) is 13.5. The van der Waals surface area contributed by atoms with E-state index in [-0.39, 0.29) is 5.97 Å². The fourth-order valence-corrected chi connectivity index (χ4v) is 0.985. The van der Waals surface area contributed by atoms with Crippen molar-refractivity contribution in [2.45, 2.75) is 40.2 Å². The summed E-state index contributed by atoms with van der Waals surface area (Å²) in [5, 5.41) is 0. The number of allylic oxidation sites excluding steroid dienone is 6. The van der Waals surface area contributed by atoms with Crippen LogP contribution in [0.2, 0.25) is 0 Å². The molecule has 0 aliphatic carbocycles. The predicted molar refractivity (Wildman–Crippen MR) is 72.7 cm³/mol. The van der Waals surface area contributed by atoms with E-state index in [4.69, 9.17) is 4.74 Å². The van der Waals surface area contributed by atoms with Gasteiger partial charge in [-0.2, -0.15) is 0 Å². The monoisotopic (exact) mass is 234 g/mol. The second-order valence-corrected chi connectivity index (χ2v) is 4.90. The van der Waals surface area contributed by atoms with Crippen molar-refractivity contribution in [1.82, 2.24) is 0 Å². The van der Waals surface area contributed by atoms with Crippen LogP contribution in [0.4, 0.5) is 0 Å². The molecule has 0 aromatic rings. The Kier molecular flexibility index (Phi) is 6.26. The second kappa shape index (κ2) is 6.89. The molecule has 0 atom stereocenters.